The van der Waals surface area contributed by atoms with Gasteiger partial charge in [0.15, 0.2) is 5.76 Å². The fourth-order valence-corrected chi connectivity index (χ4v) is 3.17. The molecule has 118 valence electrons. The number of nitrogens with one attached hydrogen (secondary N) is 1. The standard InChI is InChI=1S/C18H19N3O2/c22-18(17-6-3-11-23-17)21-9-7-20(8-10-21)13-14-12-19-16-5-2-1-4-15(14)16/h1-6,11-12,19H,7-10,13H2. The van der Waals surface area contributed by atoms with Crippen LogP contribution in [0.15, 0.2) is 53.3 Å². The normalized spacial score (nSPS) is 16.1. The number of carbonyl (C=O) groups is 1. The number of furan rings is 1. The molecule has 3 aromatic rings. The van der Waals surface area contributed by atoms with Crippen LogP contribution >= 0.6 is 0 Å². The van der Waals surface area contributed by atoms with E-state index in [-0.39, 0.29) is 5.91 Å². The third-order valence-electron chi connectivity index (χ3n) is 4.46. The van der Waals surface area contributed by atoms with Crippen LogP contribution in [0, 0.1) is 0 Å². The quantitative estimate of drug-likeness (QED) is 0.809. The van der Waals surface area contributed by atoms with E-state index in [2.05, 4.69) is 34.3 Å². The Hall–Kier alpha value is -2.53. The second kappa shape index (κ2) is 5.93. The summed E-state index contributed by atoms with van der Waals surface area (Å²) < 4.78 is 5.20. The molecule has 23 heavy (non-hydrogen) atoms. The third kappa shape index (κ3) is 2.75. The molecular weight excluding hydrogens is 290 g/mol. The van der Waals surface area contributed by atoms with Gasteiger partial charge in [0.05, 0.1) is 6.26 Å². The van der Waals surface area contributed by atoms with Crippen LogP contribution < -0.4 is 0 Å². The second-order valence-corrected chi connectivity index (χ2v) is 5.91. The van der Waals surface area contributed by atoms with E-state index in [0.29, 0.717) is 5.76 Å². The van der Waals surface area contributed by atoms with Gasteiger partial charge < -0.3 is 14.3 Å². The number of para-hydroxylation sites is 1. The fraction of sp³-hybridized carbons (Fsp3) is 0.278. The lowest BCUT2D eigenvalue weighted by molar-refractivity contribution is 0.0598. The van der Waals surface area contributed by atoms with Crippen molar-refractivity contribution in [1.82, 2.24) is 14.8 Å². The molecule has 1 saturated heterocycles. The first-order valence-corrected chi connectivity index (χ1v) is 7.91. The number of benzene rings is 1. The van der Waals surface area contributed by atoms with Crippen LogP contribution in [0.3, 0.4) is 0 Å². The molecule has 5 nitrogen and oxygen atoms in total. The Morgan fingerprint density at radius 2 is 1.91 bits per heavy atom. The summed E-state index contributed by atoms with van der Waals surface area (Å²) in [6.07, 6.45) is 3.63. The lowest BCUT2D eigenvalue weighted by Crippen LogP contribution is -2.48. The highest BCUT2D eigenvalue weighted by atomic mass is 16.3. The van der Waals surface area contributed by atoms with Crippen molar-refractivity contribution in [3.05, 3.63) is 60.2 Å². The summed E-state index contributed by atoms with van der Waals surface area (Å²) in [5, 5.41) is 1.28. The maximum absolute atomic E-state index is 12.3. The van der Waals surface area contributed by atoms with Gasteiger partial charge in [-0.15, -0.1) is 0 Å². The molecule has 0 bridgehead atoms. The van der Waals surface area contributed by atoms with Crippen LogP contribution in [0.25, 0.3) is 10.9 Å². The number of hydrogen-bond acceptors (Lipinski definition) is 3. The molecule has 1 N–H and O–H groups in total. The molecule has 0 spiro atoms. The maximum Gasteiger partial charge on any atom is 0.289 e. The zero-order valence-corrected chi connectivity index (χ0v) is 12.9. The van der Waals surface area contributed by atoms with Gasteiger partial charge in [0.2, 0.25) is 0 Å². The molecule has 4 rings (SSSR count). The summed E-state index contributed by atoms with van der Waals surface area (Å²) in [7, 11) is 0. The number of hydrogen-bond donors (Lipinski definition) is 1. The van der Waals surface area contributed by atoms with Crippen molar-refractivity contribution in [2.24, 2.45) is 0 Å². The minimum atomic E-state index is -0.0123. The van der Waals surface area contributed by atoms with Crippen molar-refractivity contribution in [3.63, 3.8) is 0 Å². The van der Waals surface area contributed by atoms with Crippen LogP contribution in [0.5, 0.6) is 0 Å². The number of amides is 1. The van der Waals surface area contributed by atoms with Gasteiger partial charge in [0.1, 0.15) is 0 Å². The average Bonchev–Trinajstić information content (AvgIpc) is 3.25. The first-order chi connectivity index (χ1) is 11.3. The molecule has 0 atom stereocenters. The van der Waals surface area contributed by atoms with E-state index >= 15 is 0 Å². The predicted octanol–water partition coefficient (Wildman–Crippen LogP) is 2.72. The van der Waals surface area contributed by atoms with Gasteiger partial charge in [-0.2, -0.15) is 0 Å². The number of H-pyrrole nitrogens is 1. The number of nitrogens with zero attached hydrogens (tertiary/aromatic N) is 2. The topological polar surface area (TPSA) is 52.5 Å². The van der Waals surface area contributed by atoms with E-state index in [1.807, 2.05) is 11.0 Å². The molecule has 5 heteroatoms. The van der Waals surface area contributed by atoms with Crippen LogP contribution in [-0.2, 0) is 6.54 Å². The van der Waals surface area contributed by atoms with E-state index in [9.17, 15) is 4.79 Å². The summed E-state index contributed by atoms with van der Waals surface area (Å²) in [4.78, 5) is 19.8. The Labute approximate surface area is 134 Å². The number of aromatic nitrogens is 1. The summed E-state index contributed by atoms with van der Waals surface area (Å²) in [5.41, 5.74) is 2.49. The number of aromatic amines is 1. The Balaban J connectivity index is 1.39. The molecule has 1 aliphatic rings. The van der Waals surface area contributed by atoms with Gasteiger partial charge in [-0.05, 0) is 23.8 Å². The molecule has 1 aromatic carbocycles. The van der Waals surface area contributed by atoms with E-state index in [1.165, 1.54) is 16.5 Å². The molecule has 1 amide bonds. The molecular formula is C18H19N3O2. The zero-order valence-electron chi connectivity index (χ0n) is 12.9. The van der Waals surface area contributed by atoms with Crippen molar-refractivity contribution >= 4 is 16.8 Å². The first kappa shape index (κ1) is 14.1. The van der Waals surface area contributed by atoms with Gasteiger partial charge >= 0.3 is 0 Å². The predicted molar refractivity (Wildman–Crippen MR) is 88.2 cm³/mol. The Kier molecular flexibility index (Phi) is 3.63. The van der Waals surface area contributed by atoms with Crippen molar-refractivity contribution in [1.29, 1.82) is 0 Å². The van der Waals surface area contributed by atoms with Crippen molar-refractivity contribution in [3.8, 4) is 0 Å². The monoisotopic (exact) mass is 309 g/mol. The SMILES string of the molecule is O=C(c1ccco1)N1CCN(Cc2c[nH]c3ccccc23)CC1. The molecule has 0 saturated carbocycles. The van der Waals surface area contributed by atoms with Crippen molar-refractivity contribution < 1.29 is 9.21 Å². The van der Waals surface area contributed by atoms with Gasteiger partial charge in [-0.3, -0.25) is 9.69 Å². The molecule has 2 aromatic heterocycles. The minimum absolute atomic E-state index is 0.0123. The van der Waals surface area contributed by atoms with Gasteiger partial charge in [-0.1, -0.05) is 18.2 Å². The zero-order chi connectivity index (χ0) is 15.6. The second-order valence-electron chi connectivity index (χ2n) is 5.91. The number of piperazine rings is 1. The molecule has 1 aliphatic heterocycles. The number of rotatable bonds is 3. The van der Waals surface area contributed by atoms with Gasteiger partial charge in [0.25, 0.3) is 5.91 Å². The van der Waals surface area contributed by atoms with Crippen molar-refractivity contribution in [2.45, 2.75) is 6.54 Å². The largest absolute Gasteiger partial charge is 0.459 e. The maximum atomic E-state index is 12.3. The molecule has 0 unspecified atom stereocenters. The summed E-state index contributed by atoms with van der Waals surface area (Å²) in [5.74, 6) is 0.414. The Morgan fingerprint density at radius 3 is 2.70 bits per heavy atom. The van der Waals surface area contributed by atoms with Crippen LogP contribution in [0.1, 0.15) is 16.1 Å². The van der Waals surface area contributed by atoms with Crippen LogP contribution in [0.2, 0.25) is 0 Å². The number of carbonyl (C=O) groups excluding carboxylic acids is 1. The van der Waals surface area contributed by atoms with E-state index < -0.39 is 0 Å². The highest BCUT2D eigenvalue weighted by molar-refractivity contribution is 5.91. The highest BCUT2D eigenvalue weighted by Crippen LogP contribution is 2.20. The Bertz CT molecular complexity index is 799. The third-order valence-corrected chi connectivity index (χ3v) is 4.46. The summed E-state index contributed by atoms with van der Waals surface area (Å²) in [6, 6.07) is 11.8. The van der Waals surface area contributed by atoms with Crippen LogP contribution in [-0.4, -0.2) is 46.9 Å². The highest BCUT2D eigenvalue weighted by Gasteiger charge is 2.23. The lowest BCUT2D eigenvalue weighted by Gasteiger charge is -2.34. The van der Waals surface area contributed by atoms with E-state index in [4.69, 9.17) is 4.42 Å². The minimum Gasteiger partial charge on any atom is -0.459 e. The average molecular weight is 309 g/mol. The molecule has 0 radical (unpaired) electrons. The number of fused-ring (bicyclic) bond motifs is 1. The molecule has 3 heterocycles. The fourth-order valence-electron chi connectivity index (χ4n) is 3.17. The van der Waals surface area contributed by atoms with E-state index in [1.54, 1.807) is 18.4 Å². The van der Waals surface area contributed by atoms with E-state index in [0.717, 1.165) is 32.7 Å². The molecule has 1 fully saturated rings. The first-order valence-electron chi connectivity index (χ1n) is 7.91. The molecule has 0 aliphatic carbocycles. The van der Waals surface area contributed by atoms with Gasteiger partial charge in [0, 0.05) is 49.8 Å². The lowest BCUT2D eigenvalue weighted by atomic mass is 10.1. The summed E-state index contributed by atoms with van der Waals surface area (Å²) in [6.45, 7) is 4.15. The van der Waals surface area contributed by atoms with Gasteiger partial charge in [-0.25, -0.2) is 0 Å². The van der Waals surface area contributed by atoms with Crippen molar-refractivity contribution in [2.75, 3.05) is 26.2 Å². The summed E-state index contributed by atoms with van der Waals surface area (Å²) >= 11 is 0. The Morgan fingerprint density at radius 1 is 1.09 bits per heavy atom. The van der Waals surface area contributed by atoms with Crippen LogP contribution in [0.4, 0.5) is 0 Å². The smallest absolute Gasteiger partial charge is 0.289 e.